The average Bonchev–Trinajstić information content (AvgIpc) is 2.67. The third-order valence-electron chi connectivity index (χ3n) is 5.19. The number of hydrogen-bond donors (Lipinski definition) is 0. The van der Waals surface area contributed by atoms with E-state index in [1.165, 1.54) is 0 Å². The van der Waals surface area contributed by atoms with Crippen molar-refractivity contribution in [2.24, 2.45) is 0 Å². The van der Waals surface area contributed by atoms with Crippen LogP contribution in [0.5, 0.6) is 5.75 Å². The van der Waals surface area contributed by atoms with Crippen LogP contribution in [-0.4, -0.2) is 5.78 Å². The summed E-state index contributed by atoms with van der Waals surface area (Å²) in [5, 5.41) is 1.28. The Bertz CT molecular complexity index is 1190. The predicted octanol–water partition coefficient (Wildman–Crippen LogP) is 4.98. The Hall–Kier alpha value is -2.85. The fourth-order valence-corrected chi connectivity index (χ4v) is 4.24. The Morgan fingerprint density at radius 2 is 1.85 bits per heavy atom. The molecule has 0 saturated carbocycles. The average molecular weight is 379 g/mol. The second-order valence-corrected chi connectivity index (χ2v) is 7.27. The number of ketones is 1. The molecule has 0 bridgehead atoms. The van der Waals surface area contributed by atoms with Gasteiger partial charge in [0, 0.05) is 23.4 Å². The molecule has 1 atom stereocenters. The van der Waals surface area contributed by atoms with Gasteiger partial charge in [0.05, 0.1) is 16.9 Å². The van der Waals surface area contributed by atoms with Crippen LogP contribution in [0.3, 0.4) is 0 Å². The van der Waals surface area contributed by atoms with E-state index in [1.807, 2.05) is 30.3 Å². The van der Waals surface area contributed by atoms with E-state index in [-0.39, 0.29) is 5.78 Å². The summed E-state index contributed by atoms with van der Waals surface area (Å²) in [7, 11) is 0. The van der Waals surface area contributed by atoms with E-state index in [0.29, 0.717) is 46.1 Å². The quantitative estimate of drug-likeness (QED) is 0.560. The van der Waals surface area contributed by atoms with Crippen LogP contribution in [0.1, 0.15) is 36.3 Å². The van der Waals surface area contributed by atoms with E-state index in [2.05, 4.69) is 0 Å². The van der Waals surface area contributed by atoms with Gasteiger partial charge in [-0.2, -0.15) is 0 Å². The largest absolute Gasteiger partial charge is 0.460 e. The number of para-hydroxylation sites is 1. The molecular weight excluding hydrogens is 364 g/mol. The van der Waals surface area contributed by atoms with Gasteiger partial charge in [0.25, 0.3) is 0 Å². The number of carbonyl (C=O) groups excluding carboxylic acids is 1. The van der Waals surface area contributed by atoms with E-state index < -0.39 is 11.5 Å². The van der Waals surface area contributed by atoms with E-state index in [9.17, 15) is 9.59 Å². The van der Waals surface area contributed by atoms with Crippen molar-refractivity contribution >= 4 is 28.4 Å². The van der Waals surface area contributed by atoms with E-state index in [1.54, 1.807) is 18.2 Å². The van der Waals surface area contributed by atoms with Crippen LogP contribution in [0.2, 0.25) is 5.02 Å². The van der Waals surface area contributed by atoms with Gasteiger partial charge in [-0.25, -0.2) is 4.79 Å². The van der Waals surface area contributed by atoms with Crippen LogP contribution in [0.25, 0.3) is 11.0 Å². The van der Waals surface area contributed by atoms with Gasteiger partial charge >= 0.3 is 5.63 Å². The van der Waals surface area contributed by atoms with Gasteiger partial charge < -0.3 is 9.15 Å². The molecule has 5 rings (SSSR count). The van der Waals surface area contributed by atoms with Gasteiger partial charge in [-0.05, 0) is 36.2 Å². The minimum atomic E-state index is -0.531. The van der Waals surface area contributed by atoms with Gasteiger partial charge in [-0.1, -0.05) is 35.9 Å². The van der Waals surface area contributed by atoms with Crippen LogP contribution in [-0.2, 0) is 4.79 Å². The number of rotatable bonds is 1. The zero-order chi connectivity index (χ0) is 18.5. The summed E-state index contributed by atoms with van der Waals surface area (Å²) in [5.74, 6) is 0.621. The maximum atomic E-state index is 12.9. The molecule has 3 aromatic rings. The smallest absolute Gasteiger partial charge is 0.344 e. The topological polar surface area (TPSA) is 56.5 Å². The first kappa shape index (κ1) is 16.3. The monoisotopic (exact) mass is 378 g/mol. The molecule has 2 heterocycles. The highest BCUT2D eigenvalue weighted by Crippen LogP contribution is 2.47. The number of hydrogen-bond acceptors (Lipinski definition) is 4. The first-order chi connectivity index (χ1) is 13.1. The maximum absolute atomic E-state index is 12.9. The minimum Gasteiger partial charge on any atom is -0.460 e. The first-order valence-corrected chi connectivity index (χ1v) is 9.26. The molecule has 0 radical (unpaired) electrons. The number of Topliss-reactive ketones (excluding diaryl/α,β-unsaturated/α-hetero) is 1. The SMILES string of the molecule is O=C1CCCC2=C1C(c1cccc(Cl)c1)c1c(c3ccccc3oc1=O)O2. The van der Waals surface area contributed by atoms with Crippen LogP contribution in [0, 0.1) is 0 Å². The molecule has 1 aliphatic carbocycles. The van der Waals surface area contributed by atoms with E-state index >= 15 is 0 Å². The lowest BCUT2D eigenvalue weighted by Crippen LogP contribution is -2.29. The third-order valence-corrected chi connectivity index (χ3v) is 5.43. The number of allylic oxidation sites excluding steroid dienone is 2. The summed E-state index contributed by atoms with van der Waals surface area (Å²) < 4.78 is 11.7. The van der Waals surface area contributed by atoms with Crippen molar-refractivity contribution in [1.29, 1.82) is 0 Å². The predicted molar refractivity (Wildman–Crippen MR) is 102 cm³/mol. The molecule has 2 aliphatic rings. The first-order valence-electron chi connectivity index (χ1n) is 8.89. The maximum Gasteiger partial charge on any atom is 0.344 e. The Balaban J connectivity index is 1.87. The molecule has 1 aromatic heterocycles. The summed E-state index contributed by atoms with van der Waals surface area (Å²) in [6, 6.07) is 14.6. The fraction of sp³-hybridized carbons (Fsp3) is 0.182. The van der Waals surface area contributed by atoms with E-state index in [4.69, 9.17) is 20.8 Å². The van der Waals surface area contributed by atoms with Crippen molar-refractivity contribution in [3.8, 4) is 5.75 Å². The summed E-state index contributed by atoms with van der Waals surface area (Å²) in [6.07, 6.45) is 1.87. The molecule has 134 valence electrons. The molecule has 1 unspecified atom stereocenters. The molecule has 1 aliphatic heterocycles. The van der Waals surface area contributed by atoms with Crippen molar-refractivity contribution in [3.05, 3.63) is 86.4 Å². The Morgan fingerprint density at radius 3 is 2.70 bits per heavy atom. The summed E-state index contributed by atoms with van der Waals surface area (Å²) >= 11 is 6.20. The standard InChI is InChI=1S/C22H15ClO4/c23-13-6-3-5-12(11-13)18-19-15(24)8-4-10-17(19)26-21-14-7-1-2-9-16(14)27-22(25)20(18)21/h1-3,5-7,9,11,18H,4,8,10H2. The lowest BCUT2D eigenvalue weighted by Gasteiger charge is -2.32. The lowest BCUT2D eigenvalue weighted by molar-refractivity contribution is -0.116. The number of ether oxygens (including phenoxy) is 1. The molecule has 0 N–H and O–H groups in total. The fourth-order valence-electron chi connectivity index (χ4n) is 4.04. The third kappa shape index (κ3) is 2.52. The van der Waals surface area contributed by atoms with Crippen molar-refractivity contribution < 1.29 is 13.9 Å². The molecule has 4 nitrogen and oxygen atoms in total. The number of fused-ring (bicyclic) bond motifs is 3. The zero-order valence-corrected chi connectivity index (χ0v) is 15.1. The summed E-state index contributed by atoms with van der Waals surface area (Å²) in [5.41, 5.74) is 1.69. The molecular formula is C22H15ClO4. The molecule has 0 saturated heterocycles. The lowest BCUT2D eigenvalue weighted by atomic mass is 9.77. The highest BCUT2D eigenvalue weighted by molar-refractivity contribution is 6.30. The van der Waals surface area contributed by atoms with Gasteiger partial charge in [-0.3, -0.25) is 4.79 Å². The van der Waals surface area contributed by atoms with Crippen LogP contribution in [0.4, 0.5) is 0 Å². The van der Waals surface area contributed by atoms with Crippen LogP contribution < -0.4 is 10.4 Å². The molecule has 2 aromatic carbocycles. The Morgan fingerprint density at radius 1 is 1.00 bits per heavy atom. The Labute approximate surface area is 160 Å². The summed E-state index contributed by atoms with van der Waals surface area (Å²) in [4.78, 5) is 25.7. The van der Waals surface area contributed by atoms with Gasteiger partial charge in [0.15, 0.2) is 5.78 Å². The second kappa shape index (κ2) is 6.10. The highest BCUT2D eigenvalue weighted by Gasteiger charge is 2.39. The van der Waals surface area contributed by atoms with Crippen molar-refractivity contribution in [2.45, 2.75) is 25.2 Å². The second-order valence-electron chi connectivity index (χ2n) is 6.83. The van der Waals surface area contributed by atoms with Gasteiger partial charge in [-0.15, -0.1) is 0 Å². The molecule has 0 fully saturated rings. The number of carbonyl (C=O) groups is 1. The van der Waals surface area contributed by atoms with Crippen LogP contribution in [0.15, 0.2) is 69.1 Å². The summed E-state index contributed by atoms with van der Waals surface area (Å²) in [6.45, 7) is 0. The van der Waals surface area contributed by atoms with Gasteiger partial charge in [0.2, 0.25) is 0 Å². The van der Waals surface area contributed by atoms with Crippen LogP contribution >= 0.6 is 11.6 Å². The Kier molecular flexibility index (Phi) is 3.69. The van der Waals surface area contributed by atoms with Crippen molar-refractivity contribution in [3.63, 3.8) is 0 Å². The van der Waals surface area contributed by atoms with Crippen molar-refractivity contribution in [1.82, 2.24) is 0 Å². The van der Waals surface area contributed by atoms with Crippen molar-refractivity contribution in [2.75, 3.05) is 0 Å². The zero-order valence-electron chi connectivity index (χ0n) is 14.3. The molecule has 27 heavy (non-hydrogen) atoms. The van der Waals surface area contributed by atoms with E-state index in [0.717, 1.165) is 17.4 Å². The highest BCUT2D eigenvalue weighted by atomic mass is 35.5. The number of benzene rings is 2. The number of halogens is 1. The molecule has 5 heteroatoms. The molecule has 0 spiro atoms. The van der Waals surface area contributed by atoms with Gasteiger partial charge in [0.1, 0.15) is 17.1 Å². The minimum absolute atomic E-state index is 0.0134. The molecule has 0 amide bonds. The normalized spacial score (nSPS) is 18.9.